The van der Waals surface area contributed by atoms with Gasteiger partial charge in [0.1, 0.15) is 5.60 Å². The smallest absolute Gasteiger partial charge is 0.407 e. The van der Waals surface area contributed by atoms with Crippen molar-refractivity contribution in [2.45, 2.75) is 64.5 Å². The van der Waals surface area contributed by atoms with Crippen LogP contribution in [0.1, 0.15) is 52.9 Å². The highest BCUT2D eigenvalue weighted by atomic mass is 16.6. The normalized spacial score (nSPS) is 24.4. The minimum absolute atomic E-state index is 0.156. The second-order valence-corrected chi connectivity index (χ2v) is 6.03. The van der Waals surface area contributed by atoms with E-state index in [9.17, 15) is 9.59 Å². The summed E-state index contributed by atoms with van der Waals surface area (Å²) in [5.41, 5.74) is 4.71. The van der Waals surface area contributed by atoms with Crippen molar-refractivity contribution < 1.29 is 14.3 Å². The summed E-state index contributed by atoms with van der Waals surface area (Å²) in [6.45, 7) is 5.53. The monoisotopic (exact) mass is 256 g/mol. The molecule has 0 aliphatic heterocycles. The summed E-state index contributed by atoms with van der Waals surface area (Å²) in [6, 6.07) is 0.156. The second-order valence-electron chi connectivity index (χ2n) is 6.03. The molecule has 5 nitrogen and oxygen atoms in total. The van der Waals surface area contributed by atoms with Crippen molar-refractivity contribution in [3.8, 4) is 0 Å². The van der Waals surface area contributed by atoms with Crippen LogP contribution in [0.5, 0.6) is 0 Å². The van der Waals surface area contributed by atoms with Gasteiger partial charge in [-0.2, -0.15) is 0 Å². The molecular weight excluding hydrogens is 232 g/mol. The second kappa shape index (κ2) is 6.07. The molecule has 0 aromatic carbocycles. The maximum absolute atomic E-state index is 11.6. The number of carbonyl (C=O) groups excluding carboxylic acids is 2. The third-order valence-corrected chi connectivity index (χ3v) is 3.06. The predicted molar refractivity (Wildman–Crippen MR) is 68.9 cm³/mol. The number of nitrogens with one attached hydrogen (secondary N) is 1. The van der Waals surface area contributed by atoms with E-state index in [1.807, 2.05) is 20.8 Å². The fraction of sp³-hybridized carbons (Fsp3) is 0.846. The van der Waals surface area contributed by atoms with E-state index in [0.717, 1.165) is 25.7 Å². The highest BCUT2D eigenvalue weighted by molar-refractivity contribution is 5.74. The minimum atomic E-state index is -0.465. The van der Waals surface area contributed by atoms with E-state index < -0.39 is 5.60 Å². The topological polar surface area (TPSA) is 81.4 Å². The molecule has 0 radical (unpaired) electrons. The molecule has 104 valence electrons. The number of hydrogen-bond donors (Lipinski definition) is 2. The number of nitrogens with two attached hydrogens (primary N) is 1. The standard InChI is InChI=1S/C13H24N2O3/c1-13(2,3)18-12(17)15-10-6-4-9(5-7-10)8-11(14)16/h9-10H,4-8H2,1-3H3,(H2,14,16)(H,15,17). The van der Waals surface area contributed by atoms with Crippen molar-refractivity contribution >= 4 is 12.0 Å². The van der Waals surface area contributed by atoms with Crippen LogP contribution in [0.4, 0.5) is 4.79 Å². The first kappa shape index (κ1) is 14.8. The summed E-state index contributed by atoms with van der Waals surface area (Å²) in [5.74, 6) is 0.137. The predicted octanol–water partition coefficient (Wildman–Crippen LogP) is 1.95. The summed E-state index contributed by atoms with van der Waals surface area (Å²) in [4.78, 5) is 22.4. The van der Waals surface area contributed by atoms with Crippen molar-refractivity contribution in [3.05, 3.63) is 0 Å². The summed E-state index contributed by atoms with van der Waals surface area (Å²) in [7, 11) is 0. The van der Waals surface area contributed by atoms with Gasteiger partial charge >= 0.3 is 6.09 Å². The Balaban J connectivity index is 2.27. The van der Waals surface area contributed by atoms with Gasteiger partial charge in [-0.15, -0.1) is 0 Å². The number of primary amides is 1. The molecule has 0 unspecified atom stereocenters. The zero-order valence-electron chi connectivity index (χ0n) is 11.5. The van der Waals surface area contributed by atoms with Gasteiger partial charge in [0.15, 0.2) is 0 Å². The summed E-state index contributed by atoms with van der Waals surface area (Å²) < 4.78 is 5.21. The van der Waals surface area contributed by atoms with Crippen LogP contribution in [0.25, 0.3) is 0 Å². The molecule has 1 fully saturated rings. The number of alkyl carbamates (subject to hydrolysis) is 1. The quantitative estimate of drug-likeness (QED) is 0.809. The summed E-state index contributed by atoms with van der Waals surface area (Å²) in [5, 5.41) is 2.87. The van der Waals surface area contributed by atoms with E-state index >= 15 is 0 Å². The Bertz CT molecular complexity index is 302. The first-order valence-electron chi connectivity index (χ1n) is 6.54. The summed E-state index contributed by atoms with van der Waals surface area (Å²) >= 11 is 0. The molecule has 0 saturated heterocycles. The van der Waals surface area contributed by atoms with Gasteiger partial charge in [-0.05, 0) is 52.4 Å². The van der Waals surface area contributed by atoms with E-state index in [-0.39, 0.29) is 18.0 Å². The van der Waals surface area contributed by atoms with Crippen LogP contribution >= 0.6 is 0 Å². The van der Waals surface area contributed by atoms with Gasteiger partial charge in [-0.25, -0.2) is 4.79 Å². The third-order valence-electron chi connectivity index (χ3n) is 3.06. The molecule has 0 atom stereocenters. The lowest BCUT2D eigenvalue weighted by molar-refractivity contribution is -0.119. The molecule has 1 rings (SSSR count). The number of amides is 2. The van der Waals surface area contributed by atoms with Gasteiger partial charge in [-0.1, -0.05) is 0 Å². The van der Waals surface area contributed by atoms with Crippen molar-refractivity contribution in [2.75, 3.05) is 0 Å². The average Bonchev–Trinajstić information content (AvgIpc) is 2.17. The van der Waals surface area contributed by atoms with Crippen LogP contribution in [-0.4, -0.2) is 23.6 Å². The number of ether oxygens (including phenoxy) is 1. The zero-order valence-corrected chi connectivity index (χ0v) is 11.5. The van der Waals surface area contributed by atoms with Crippen molar-refractivity contribution in [3.63, 3.8) is 0 Å². The Hall–Kier alpha value is -1.26. The first-order valence-corrected chi connectivity index (χ1v) is 6.54. The molecule has 0 aromatic rings. The molecule has 1 saturated carbocycles. The van der Waals surface area contributed by atoms with Crippen LogP contribution in [0.2, 0.25) is 0 Å². The lowest BCUT2D eigenvalue weighted by atomic mass is 9.84. The van der Waals surface area contributed by atoms with Crippen LogP contribution in [0.15, 0.2) is 0 Å². The molecule has 0 heterocycles. The van der Waals surface area contributed by atoms with Crippen LogP contribution in [0.3, 0.4) is 0 Å². The maximum Gasteiger partial charge on any atom is 0.407 e. The van der Waals surface area contributed by atoms with Crippen LogP contribution < -0.4 is 11.1 Å². The number of carbonyl (C=O) groups is 2. The minimum Gasteiger partial charge on any atom is -0.444 e. The molecule has 0 spiro atoms. The average molecular weight is 256 g/mol. The van der Waals surface area contributed by atoms with Gasteiger partial charge < -0.3 is 15.8 Å². The number of hydrogen-bond acceptors (Lipinski definition) is 3. The molecular formula is C13H24N2O3. The lowest BCUT2D eigenvalue weighted by Gasteiger charge is -2.29. The molecule has 0 bridgehead atoms. The lowest BCUT2D eigenvalue weighted by Crippen LogP contribution is -2.41. The Labute approximate surface area is 108 Å². The Morgan fingerprint density at radius 3 is 2.22 bits per heavy atom. The van der Waals surface area contributed by atoms with Crippen LogP contribution in [-0.2, 0) is 9.53 Å². The van der Waals surface area contributed by atoms with Crippen molar-refractivity contribution in [2.24, 2.45) is 11.7 Å². The van der Waals surface area contributed by atoms with E-state index in [1.165, 1.54) is 0 Å². The van der Waals surface area contributed by atoms with E-state index in [1.54, 1.807) is 0 Å². The molecule has 1 aliphatic rings. The summed E-state index contributed by atoms with van der Waals surface area (Å²) in [6.07, 6.45) is 3.74. The van der Waals surface area contributed by atoms with E-state index in [4.69, 9.17) is 10.5 Å². The largest absolute Gasteiger partial charge is 0.444 e. The molecule has 2 amide bonds. The molecule has 3 N–H and O–H groups in total. The van der Waals surface area contributed by atoms with Gasteiger partial charge in [0.2, 0.25) is 5.91 Å². The van der Waals surface area contributed by atoms with E-state index in [2.05, 4.69) is 5.32 Å². The Morgan fingerprint density at radius 1 is 1.22 bits per heavy atom. The molecule has 0 aromatic heterocycles. The third kappa shape index (κ3) is 5.89. The maximum atomic E-state index is 11.6. The van der Waals surface area contributed by atoms with Crippen LogP contribution in [0, 0.1) is 5.92 Å². The Kier molecular flexibility index (Phi) is 4.99. The highest BCUT2D eigenvalue weighted by Gasteiger charge is 2.25. The van der Waals surface area contributed by atoms with Gasteiger partial charge in [0.05, 0.1) is 0 Å². The molecule has 18 heavy (non-hydrogen) atoms. The van der Waals surface area contributed by atoms with E-state index in [0.29, 0.717) is 12.3 Å². The fourth-order valence-corrected chi connectivity index (χ4v) is 2.27. The fourth-order valence-electron chi connectivity index (χ4n) is 2.27. The van der Waals surface area contributed by atoms with Crippen molar-refractivity contribution in [1.29, 1.82) is 0 Å². The number of rotatable bonds is 3. The van der Waals surface area contributed by atoms with Gasteiger partial charge in [0.25, 0.3) is 0 Å². The van der Waals surface area contributed by atoms with Crippen molar-refractivity contribution in [1.82, 2.24) is 5.32 Å². The molecule has 5 heteroatoms. The molecule has 1 aliphatic carbocycles. The SMILES string of the molecule is CC(C)(C)OC(=O)NC1CCC(CC(N)=O)CC1. The van der Waals surface area contributed by atoms with Gasteiger partial charge in [-0.3, -0.25) is 4.79 Å². The highest BCUT2D eigenvalue weighted by Crippen LogP contribution is 2.26. The van der Waals surface area contributed by atoms with Gasteiger partial charge in [0, 0.05) is 12.5 Å². The zero-order chi connectivity index (χ0) is 13.8. The Morgan fingerprint density at radius 2 is 1.78 bits per heavy atom. The first-order chi connectivity index (χ1) is 8.26.